The summed E-state index contributed by atoms with van der Waals surface area (Å²) in [4.78, 5) is 19.8. The second-order valence-electron chi connectivity index (χ2n) is 7.63. The van der Waals surface area contributed by atoms with Crippen LogP contribution < -0.4 is 0 Å². The van der Waals surface area contributed by atoms with Crippen LogP contribution in [0.5, 0.6) is 0 Å². The number of ether oxygens (including phenoxy) is 1. The van der Waals surface area contributed by atoms with Gasteiger partial charge in [0, 0.05) is 48.4 Å². The molecule has 0 unspecified atom stereocenters. The fraction of sp³-hybridized carbons (Fsp3) is 0.250. The van der Waals surface area contributed by atoms with Crippen LogP contribution in [0.1, 0.15) is 16.8 Å². The second kappa shape index (κ2) is 8.67. The number of fused-ring (bicyclic) bond motifs is 1. The van der Waals surface area contributed by atoms with Gasteiger partial charge < -0.3 is 13.6 Å². The number of aromatic nitrogens is 2. The Bertz CT molecular complexity index is 1210. The molecule has 0 aliphatic carbocycles. The van der Waals surface area contributed by atoms with Crippen LogP contribution >= 0.6 is 11.6 Å². The average molecular weight is 436 g/mol. The molecule has 4 aromatic rings. The molecule has 0 radical (unpaired) electrons. The van der Waals surface area contributed by atoms with Gasteiger partial charge in [-0.15, -0.1) is 0 Å². The van der Waals surface area contributed by atoms with E-state index < -0.39 is 0 Å². The standard InChI is InChI=1S/C24H22ClN3O3/c25-19-3-1-2-17(12-19)18-4-5-20-13-21(23(29)6-7-27-8-10-30-11-9-27)24(28(20)14-18)22-15-31-16-26-22/h1-5,12-16H,6-11H2. The Labute approximate surface area is 185 Å². The van der Waals surface area contributed by atoms with E-state index in [1.54, 1.807) is 6.26 Å². The van der Waals surface area contributed by atoms with Crippen molar-refractivity contribution in [1.29, 1.82) is 0 Å². The number of Topliss-reactive ketones (excluding diaryl/α,β-unsaturated/α-hetero) is 1. The summed E-state index contributed by atoms with van der Waals surface area (Å²) in [6.07, 6.45) is 5.43. The van der Waals surface area contributed by atoms with E-state index in [-0.39, 0.29) is 5.78 Å². The minimum Gasteiger partial charge on any atom is -0.451 e. The average Bonchev–Trinajstić information content (AvgIpc) is 3.45. The smallest absolute Gasteiger partial charge is 0.181 e. The van der Waals surface area contributed by atoms with Crippen molar-refractivity contribution >= 4 is 22.9 Å². The van der Waals surface area contributed by atoms with Crippen molar-refractivity contribution < 1.29 is 13.9 Å². The van der Waals surface area contributed by atoms with Gasteiger partial charge in [-0.3, -0.25) is 9.69 Å². The van der Waals surface area contributed by atoms with Gasteiger partial charge in [0.05, 0.1) is 18.9 Å². The van der Waals surface area contributed by atoms with Gasteiger partial charge >= 0.3 is 0 Å². The summed E-state index contributed by atoms with van der Waals surface area (Å²) >= 11 is 6.18. The molecule has 7 heteroatoms. The van der Waals surface area contributed by atoms with Crippen molar-refractivity contribution in [2.45, 2.75) is 6.42 Å². The molecule has 158 valence electrons. The van der Waals surface area contributed by atoms with Crippen molar-refractivity contribution in [2.75, 3.05) is 32.8 Å². The lowest BCUT2D eigenvalue weighted by Crippen LogP contribution is -2.37. The first-order valence-electron chi connectivity index (χ1n) is 10.3. The number of halogens is 1. The molecule has 5 rings (SSSR count). The topological polar surface area (TPSA) is 60.0 Å². The van der Waals surface area contributed by atoms with E-state index in [1.807, 2.05) is 53.1 Å². The zero-order valence-corrected chi connectivity index (χ0v) is 17.7. The molecule has 1 saturated heterocycles. The number of ketones is 1. The van der Waals surface area contributed by atoms with Crippen LogP contribution in [-0.4, -0.2) is 52.9 Å². The molecule has 0 N–H and O–H groups in total. The lowest BCUT2D eigenvalue weighted by Gasteiger charge is -2.26. The van der Waals surface area contributed by atoms with Crippen molar-refractivity contribution in [3.63, 3.8) is 0 Å². The summed E-state index contributed by atoms with van der Waals surface area (Å²) < 4.78 is 12.6. The molecule has 1 aromatic carbocycles. The summed E-state index contributed by atoms with van der Waals surface area (Å²) in [7, 11) is 0. The van der Waals surface area contributed by atoms with Crippen molar-refractivity contribution in [2.24, 2.45) is 0 Å². The Hall–Kier alpha value is -2.93. The van der Waals surface area contributed by atoms with Crippen LogP contribution in [0, 0.1) is 0 Å². The molecule has 0 atom stereocenters. The highest BCUT2D eigenvalue weighted by atomic mass is 35.5. The molecule has 1 fully saturated rings. The fourth-order valence-corrected chi connectivity index (χ4v) is 4.22. The van der Waals surface area contributed by atoms with Crippen LogP contribution in [0.4, 0.5) is 0 Å². The number of morpholine rings is 1. The third-order valence-corrected chi connectivity index (χ3v) is 5.90. The summed E-state index contributed by atoms with van der Waals surface area (Å²) in [6.45, 7) is 3.90. The van der Waals surface area contributed by atoms with Gasteiger partial charge in [-0.05, 0) is 35.4 Å². The molecule has 4 heterocycles. The first kappa shape index (κ1) is 20.0. The lowest BCUT2D eigenvalue weighted by atomic mass is 10.1. The van der Waals surface area contributed by atoms with E-state index in [9.17, 15) is 4.79 Å². The number of oxazole rings is 1. The SMILES string of the molecule is O=C(CCN1CCOCC1)c1cc2ccc(-c3cccc(Cl)c3)cn2c1-c1cocn1. The minimum absolute atomic E-state index is 0.0949. The van der Waals surface area contributed by atoms with Gasteiger partial charge in [0.25, 0.3) is 0 Å². The molecule has 1 aliphatic heterocycles. The third-order valence-electron chi connectivity index (χ3n) is 5.66. The maximum atomic E-state index is 13.2. The number of hydrogen-bond donors (Lipinski definition) is 0. The van der Waals surface area contributed by atoms with Gasteiger partial charge in [-0.2, -0.15) is 0 Å². The third kappa shape index (κ3) is 4.14. The molecule has 3 aromatic heterocycles. The number of pyridine rings is 1. The van der Waals surface area contributed by atoms with Crippen LogP contribution in [0.3, 0.4) is 0 Å². The molecule has 0 amide bonds. The van der Waals surface area contributed by atoms with E-state index in [1.165, 1.54) is 6.39 Å². The van der Waals surface area contributed by atoms with Crippen molar-refractivity contribution in [3.8, 4) is 22.5 Å². The Kier molecular flexibility index (Phi) is 5.59. The molecular weight excluding hydrogens is 414 g/mol. The Morgan fingerprint density at radius 3 is 2.74 bits per heavy atom. The maximum absolute atomic E-state index is 13.2. The Morgan fingerprint density at radius 1 is 1.10 bits per heavy atom. The number of carbonyl (C=O) groups excluding carboxylic acids is 1. The number of benzene rings is 1. The van der Waals surface area contributed by atoms with E-state index in [2.05, 4.69) is 9.88 Å². The quantitative estimate of drug-likeness (QED) is 0.406. The summed E-state index contributed by atoms with van der Waals surface area (Å²) in [5.41, 5.74) is 4.98. The molecule has 0 spiro atoms. The highest BCUT2D eigenvalue weighted by molar-refractivity contribution is 6.30. The highest BCUT2D eigenvalue weighted by Gasteiger charge is 2.21. The van der Waals surface area contributed by atoms with Gasteiger partial charge in [-0.25, -0.2) is 4.98 Å². The lowest BCUT2D eigenvalue weighted by molar-refractivity contribution is 0.0370. The zero-order valence-electron chi connectivity index (χ0n) is 17.0. The number of carbonyl (C=O) groups is 1. The molecule has 0 bridgehead atoms. The van der Waals surface area contributed by atoms with E-state index in [0.29, 0.717) is 22.7 Å². The van der Waals surface area contributed by atoms with Gasteiger partial charge in [0.2, 0.25) is 0 Å². The predicted octanol–water partition coefficient (Wildman–Crippen LogP) is 4.82. The van der Waals surface area contributed by atoms with E-state index >= 15 is 0 Å². The first-order chi connectivity index (χ1) is 15.2. The van der Waals surface area contributed by atoms with E-state index in [4.69, 9.17) is 20.8 Å². The van der Waals surface area contributed by atoms with Crippen LogP contribution in [0.25, 0.3) is 28.0 Å². The molecule has 0 saturated carbocycles. The second-order valence-corrected chi connectivity index (χ2v) is 8.07. The number of rotatable bonds is 6. The zero-order chi connectivity index (χ0) is 21.2. The van der Waals surface area contributed by atoms with Gasteiger partial charge in [-0.1, -0.05) is 29.8 Å². The van der Waals surface area contributed by atoms with Crippen LogP contribution in [0.2, 0.25) is 5.02 Å². The largest absolute Gasteiger partial charge is 0.451 e. The van der Waals surface area contributed by atoms with Crippen molar-refractivity contribution in [3.05, 3.63) is 71.9 Å². The van der Waals surface area contributed by atoms with Crippen LogP contribution in [-0.2, 0) is 4.74 Å². The predicted molar refractivity (Wildman–Crippen MR) is 120 cm³/mol. The highest BCUT2D eigenvalue weighted by Crippen LogP contribution is 2.31. The van der Waals surface area contributed by atoms with Gasteiger partial charge in [0.15, 0.2) is 12.2 Å². The molecular formula is C24H22ClN3O3. The summed E-state index contributed by atoms with van der Waals surface area (Å²) in [5.74, 6) is 0.0949. The molecule has 31 heavy (non-hydrogen) atoms. The van der Waals surface area contributed by atoms with Gasteiger partial charge in [0.1, 0.15) is 12.0 Å². The molecule has 1 aliphatic rings. The monoisotopic (exact) mass is 435 g/mol. The number of nitrogens with zero attached hydrogens (tertiary/aromatic N) is 3. The Morgan fingerprint density at radius 2 is 1.97 bits per heavy atom. The Balaban J connectivity index is 1.53. The maximum Gasteiger partial charge on any atom is 0.181 e. The summed E-state index contributed by atoms with van der Waals surface area (Å²) in [6, 6.07) is 13.7. The van der Waals surface area contributed by atoms with E-state index in [0.717, 1.165) is 55.2 Å². The minimum atomic E-state index is 0.0949. The fourth-order valence-electron chi connectivity index (χ4n) is 4.03. The molecule has 6 nitrogen and oxygen atoms in total. The first-order valence-corrected chi connectivity index (χ1v) is 10.7. The normalized spacial score (nSPS) is 14.9. The number of hydrogen-bond acceptors (Lipinski definition) is 5. The van der Waals surface area contributed by atoms with Crippen LogP contribution in [0.15, 0.2) is 65.7 Å². The summed E-state index contributed by atoms with van der Waals surface area (Å²) in [5, 5.41) is 0.681. The van der Waals surface area contributed by atoms with Crippen molar-refractivity contribution in [1.82, 2.24) is 14.3 Å².